The van der Waals surface area contributed by atoms with E-state index in [1.165, 1.54) is 5.56 Å². The molecule has 2 rings (SSSR count). The second kappa shape index (κ2) is 8.53. The van der Waals surface area contributed by atoms with Gasteiger partial charge in [-0.15, -0.1) is 0 Å². The summed E-state index contributed by atoms with van der Waals surface area (Å²) in [5, 5.41) is 3.09. The average molecular weight is 369 g/mol. The van der Waals surface area contributed by atoms with Gasteiger partial charge in [0.1, 0.15) is 0 Å². The number of ether oxygens (including phenoxy) is 1. The van der Waals surface area contributed by atoms with Crippen LogP contribution in [0.3, 0.4) is 0 Å². The minimum atomic E-state index is 0.0413. The number of nitrogens with one attached hydrogen (secondary N) is 1. The maximum atomic E-state index is 12.3. The van der Waals surface area contributed by atoms with Gasteiger partial charge in [-0.1, -0.05) is 28.1 Å². The molecular formula is C17H25BrN2O2. The zero-order valence-corrected chi connectivity index (χ0v) is 14.9. The highest BCUT2D eigenvalue weighted by Crippen LogP contribution is 2.15. The summed E-state index contributed by atoms with van der Waals surface area (Å²) in [6, 6.07) is 8.39. The van der Waals surface area contributed by atoms with Gasteiger partial charge in [0.25, 0.3) is 0 Å². The van der Waals surface area contributed by atoms with Crippen LogP contribution in [0.2, 0.25) is 0 Å². The van der Waals surface area contributed by atoms with Gasteiger partial charge < -0.3 is 15.0 Å². The Morgan fingerprint density at radius 3 is 2.59 bits per heavy atom. The Morgan fingerprint density at radius 1 is 1.36 bits per heavy atom. The largest absolute Gasteiger partial charge is 0.378 e. The molecule has 1 aliphatic heterocycles. The van der Waals surface area contributed by atoms with Gasteiger partial charge in [0.05, 0.1) is 6.10 Å². The van der Waals surface area contributed by atoms with Crippen molar-refractivity contribution < 1.29 is 9.53 Å². The highest BCUT2D eigenvalue weighted by molar-refractivity contribution is 9.10. The number of halogens is 1. The maximum absolute atomic E-state index is 12.3. The highest BCUT2D eigenvalue weighted by atomic mass is 79.9. The van der Waals surface area contributed by atoms with E-state index in [4.69, 9.17) is 4.74 Å². The molecule has 1 saturated heterocycles. The third kappa shape index (κ3) is 5.29. The molecule has 22 heavy (non-hydrogen) atoms. The number of carbonyl (C=O) groups excluding carboxylic acids is 1. The number of piperidine rings is 1. The third-order valence-corrected chi connectivity index (χ3v) is 4.49. The molecule has 1 aliphatic rings. The lowest BCUT2D eigenvalue weighted by molar-refractivity contribution is 0.0218. The van der Waals surface area contributed by atoms with E-state index in [0.29, 0.717) is 6.10 Å². The first-order valence-electron chi connectivity index (χ1n) is 8.00. The van der Waals surface area contributed by atoms with Crippen LogP contribution in [0.25, 0.3) is 0 Å². The van der Waals surface area contributed by atoms with Gasteiger partial charge in [-0.3, -0.25) is 0 Å². The summed E-state index contributed by atoms with van der Waals surface area (Å²) in [5.41, 5.74) is 1.23. The predicted molar refractivity (Wildman–Crippen MR) is 92.1 cm³/mol. The smallest absolute Gasteiger partial charge is 0.317 e. The van der Waals surface area contributed by atoms with Crippen LogP contribution in [-0.4, -0.2) is 42.8 Å². The molecule has 2 amide bonds. The topological polar surface area (TPSA) is 41.6 Å². The van der Waals surface area contributed by atoms with Gasteiger partial charge in [-0.05, 0) is 50.8 Å². The van der Waals surface area contributed by atoms with Crippen molar-refractivity contribution in [2.45, 2.75) is 45.3 Å². The first kappa shape index (κ1) is 17.3. The standard InChI is InChI=1S/C17H25BrN2O2/c1-3-22-16-8-10-20(11-9-16)17(21)19-13(2)12-14-4-6-15(18)7-5-14/h4-7,13,16H,3,8-12H2,1-2H3,(H,19,21). The van der Waals surface area contributed by atoms with E-state index in [1.54, 1.807) is 0 Å². The fraction of sp³-hybridized carbons (Fsp3) is 0.588. The Labute approximate surface area is 141 Å². The number of benzene rings is 1. The van der Waals surface area contributed by atoms with Crippen LogP contribution in [0.4, 0.5) is 4.79 Å². The molecule has 0 aromatic heterocycles. The number of likely N-dealkylation sites (tertiary alicyclic amines) is 1. The number of urea groups is 1. The van der Waals surface area contributed by atoms with Crippen molar-refractivity contribution in [1.82, 2.24) is 10.2 Å². The second-order valence-corrected chi connectivity index (χ2v) is 6.74. The fourth-order valence-electron chi connectivity index (χ4n) is 2.79. The highest BCUT2D eigenvalue weighted by Gasteiger charge is 2.23. The summed E-state index contributed by atoms with van der Waals surface area (Å²) in [4.78, 5) is 14.2. The number of hydrogen-bond acceptors (Lipinski definition) is 2. The first-order valence-corrected chi connectivity index (χ1v) is 8.79. The van der Waals surface area contributed by atoms with E-state index < -0.39 is 0 Å². The van der Waals surface area contributed by atoms with Crippen molar-refractivity contribution in [3.8, 4) is 0 Å². The van der Waals surface area contributed by atoms with Crippen molar-refractivity contribution in [3.63, 3.8) is 0 Å². The van der Waals surface area contributed by atoms with Gasteiger partial charge >= 0.3 is 6.03 Å². The quantitative estimate of drug-likeness (QED) is 0.862. The Balaban J connectivity index is 1.75. The molecule has 0 spiro atoms. The lowest BCUT2D eigenvalue weighted by atomic mass is 10.1. The molecule has 0 bridgehead atoms. The van der Waals surface area contributed by atoms with Crippen LogP contribution >= 0.6 is 15.9 Å². The molecule has 1 fully saturated rings. The van der Waals surface area contributed by atoms with E-state index in [-0.39, 0.29) is 12.1 Å². The average Bonchev–Trinajstić information content (AvgIpc) is 2.50. The number of nitrogens with zero attached hydrogens (tertiary/aromatic N) is 1. The van der Waals surface area contributed by atoms with E-state index in [9.17, 15) is 4.79 Å². The van der Waals surface area contributed by atoms with Gasteiger partial charge in [0.15, 0.2) is 0 Å². The van der Waals surface area contributed by atoms with Crippen molar-refractivity contribution in [1.29, 1.82) is 0 Å². The summed E-state index contributed by atoms with van der Waals surface area (Å²) in [6.45, 7) is 6.37. The third-order valence-electron chi connectivity index (χ3n) is 3.96. The minimum Gasteiger partial charge on any atom is -0.378 e. The number of rotatable bonds is 5. The normalized spacial score (nSPS) is 17.3. The van der Waals surface area contributed by atoms with Crippen LogP contribution in [0.5, 0.6) is 0 Å². The van der Waals surface area contributed by atoms with Gasteiger partial charge in [-0.2, -0.15) is 0 Å². The zero-order valence-electron chi connectivity index (χ0n) is 13.3. The lowest BCUT2D eigenvalue weighted by Crippen LogP contribution is -2.48. The van der Waals surface area contributed by atoms with Gasteiger partial charge in [0, 0.05) is 30.2 Å². The number of carbonyl (C=O) groups is 1. The van der Waals surface area contributed by atoms with Crippen LogP contribution in [0, 0.1) is 0 Å². The molecule has 0 radical (unpaired) electrons. The summed E-state index contributed by atoms with van der Waals surface area (Å²) in [7, 11) is 0. The molecule has 1 atom stereocenters. The Morgan fingerprint density at radius 2 is 2.00 bits per heavy atom. The summed E-state index contributed by atoms with van der Waals surface area (Å²) < 4.78 is 6.69. The SMILES string of the molecule is CCOC1CCN(C(=O)NC(C)Cc2ccc(Br)cc2)CC1. The summed E-state index contributed by atoms with van der Waals surface area (Å²) in [6.07, 6.45) is 3.02. The first-order chi connectivity index (χ1) is 10.6. The summed E-state index contributed by atoms with van der Waals surface area (Å²) >= 11 is 3.43. The van der Waals surface area contributed by atoms with Crippen molar-refractivity contribution >= 4 is 22.0 Å². The molecule has 0 aliphatic carbocycles. The molecule has 1 aromatic rings. The maximum Gasteiger partial charge on any atom is 0.317 e. The van der Waals surface area contributed by atoms with E-state index in [2.05, 4.69) is 33.4 Å². The number of hydrogen-bond donors (Lipinski definition) is 1. The monoisotopic (exact) mass is 368 g/mol. The van der Waals surface area contributed by atoms with Gasteiger partial charge in [0.2, 0.25) is 0 Å². The van der Waals surface area contributed by atoms with E-state index in [1.807, 2.05) is 30.9 Å². The minimum absolute atomic E-state index is 0.0413. The molecule has 1 unspecified atom stereocenters. The van der Waals surface area contributed by atoms with Crippen molar-refractivity contribution in [2.24, 2.45) is 0 Å². The molecule has 0 saturated carbocycles. The Hall–Kier alpha value is -1.07. The molecule has 5 heteroatoms. The molecular weight excluding hydrogens is 344 g/mol. The molecule has 1 N–H and O–H groups in total. The molecule has 1 aromatic carbocycles. The summed E-state index contributed by atoms with van der Waals surface area (Å²) in [5.74, 6) is 0. The molecule has 4 nitrogen and oxygen atoms in total. The van der Waals surface area contributed by atoms with Crippen molar-refractivity contribution in [3.05, 3.63) is 34.3 Å². The van der Waals surface area contributed by atoms with Crippen LogP contribution in [-0.2, 0) is 11.2 Å². The zero-order chi connectivity index (χ0) is 15.9. The number of amides is 2. The lowest BCUT2D eigenvalue weighted by Gasteiger charge is -2.32. The van der Waals surface area contributed by atoms with Crippen LogP contribution in [0.15, 0.2) is 28.7 Å². The van der Waals surface area contributed by atoms with Crippen LogP contribution < -0.4 is 5.32 Å². The van der Waals surface area contributed by atoms with Crippen molar-refractivity contribution in [2.75, 3.05) is 19.7 Å². The van der Waals surface area contributed by atoms with E-state index in [0.717, 1.165) is 43.4 Å². The second-order valence-electron chi connectivity index (χ2n) is 5.82. The molecule has 1 heterocycles. The Kier molecular flexibility index (Phi) is 6.70. The van der Waals surface area contributed by atoms with E-state index >= 15 is 0 Å². The van der Waals surface area contributed by atoms with Gasteiger partial charge in [-0.25, -0.2) is 4.79 Å². The Bertz CT molecular complexity index is 470. The predicted octanol–water partition coefficient (Wildman–Crippen LogP) is 3.59. The fourth-order valence-corrected chi connectivity index (χ4v) is 3.05. The molecule has 122 valence electrons. The van der Waals surface area contributed by atoms with Crippen LogP contribution in [0.1, 0.15) is 32.3 Å².